The third-order valence-electron chi connectivity index (χ3n) is 2.78. The maximum atomic E-state index is 9.70. The Morgan fingerprint density at radius 2 is 2.05 bits per heavy atom. The zero-order valence-corrected chi connectivity index (χ0v) is 14.0. The monoisotopic (exact) mass is 346 g/mol. The van der Waals surface area contributed by atoms with Gasteiger partial charge in [0.25, 0.3) is 0 Å². The summed E-state index contributed by atoms with van der Waals surface area (Å²) in [6.45, 7) is 3.52. The maximum absolute atomic E-state index is 9.70. The average molecular weight is 347 g/mol. The Morgan fingerprint density at radius 3 is 2.71 bits per heavy atom. The highest BCUT2D eigenvalue weighted by atomic mass is 35.5. The lowest BCUT2D eigenvalue weighted by Crippen LogP contribution is -2.19. The van der Waals surface area contributed by atoms with Gasteiger partial charge in [-0.2, -0.15) is 0 Å². The molecule has 0 aliphatic heterocycles. The quantitative estimate of drug-likeness (QED) is 0.641. The first kappa shape index (κ1) is 16.4. The minimum atomic E-state index is -0.717. The molecule has 5 nitrogen and oxygen atoms in total. The number of thioether (sulfide) groups is 1. The molecule has 1 heterocycles. The van der Waals surface area contributed by atoms with Crippen LogP contribution in [-0.4, -0.2) is 31.3 Å². The molecule has 1 aromatic carbocycles. The highest BCUT2D eigenvalue weighted by Crippen LogP contribution is 2.30. The molecule has 8 heteroatoms. The second-order valence-corrected chi connectivity index (χ2v) is 7.12. The second kappa shape index (κ2) is 6.44. The fourth-order valence-corrected chi connectivity index (χ4v) is 3.10. The molecule has 2 rings (SSSR count). The zero-order valence-electron chi connectivity index (χ0n) is 11.7. The SMILES string of the molecule is CC(C)(O)CCSc1nnc(-c2cc(Cl)ccc2Cl)n1N. The summed E-state index contributed by atoms with van der Waals surface area (Å²) in [5.41, 5.74) is -0.0838. The van der Waals surface area contributed by atoms with Crippen LogP contribution in [0.3, 0.4) is 0 Å². The van der Waals surface area contributed by atoms with Gasteiger partial charge in [0.15, 0.2) is 5.82 Å². The number of aromatic nitrogens is 3. The van der Waals surface area contributed by atoms with E-state index in [0.29, 0.717) is 38.8 Å². The summed E-state index contributed by atoms with van der Waals surface area (Å²) in [6.07, 6.45) is 0.623. The van der Waals surface area contributed by atoms with Crippen molar-refractivity contribution in [1.82, 2.24) is 14.9 Å². The topological polar surface area (TPSA) is 77.0 Å². The Morgan fingerprint density at radius 1 is 1.33 bits per heavy atom. The number of hydrogen-bond acceptors (Lipinski definition) is 5. The maximum Gasteiger partial charge on any atom is 0.210 e. The van der Waals surface area contributed by atoms with Gasteiger partial charge in [-0.25, -0.2) is 4.68 Å². The van der Waals surface area contributed by atoms with Crippen LogP contribution >= 0.6 is 35.0 Å². The predicted octanol–water partition coefficient (Wildman–Crippen LogP) is 3.22. The van der Waals surface area contributed by atoms with Gasteiger partial charge >= 0.3 is 0 Å². The van der Waals surface area contributed by atoms with E-state index in [0.717, 1.165) is 0 Å². The molecule has 3 N–H and O–H groups in total. The fraction of sp³-hybridized carbons (Fsp3) is 0.385. The number of aliphatic hydroxyl groups is 1. The molecule has 1 aromatic heterocycles. The largest absolute Gasteiger partial charge is 0.390 e. The minimum absolute atomic E-state index is 0.452. The first-order valence-electron chi connectivity index (χ1n) is 6.29. The van der Waals surface area contributed by atoms with Crippen molar-refractivity contribution in [3.63, 3.8) is 0 Å². The lowest BCUT2D eigenvalue weighted by molar-refractivity contribution is 0.0777. The van der Waals surface area contributed by atoms with Gasteiger partial charge in [0, 0.05) is 16.3 Å². The molecule has 2 aromatic rings. The number of nitrogens with two attached hydrogens (primary N) is 1. The van der Waals surface area contributed by atoms with Gasteiger partial charge in [-0.15, -0.1) is 10.2 Å². The molecule has 0 radical (unpaired) electrons. The molecule has 114 valence electrons. The van der Waals surface area contributed by atoms with Crippen molar-refractivity contribution in [3.8, 4) is 11.4 Å². The second-order valence-electron chi connectivity index (χ2n) is 5.21. The number of rotatable bonds is 5. The Hall–Kier alpha value is -0.950. The molecule has 0 aliphatic carbocycles. The van der Waals surface area contributed by atoms with E-state index in [9.17, 15) is 5.11 Å². The van der Waals surface area contributed by atoms with Crippen molar-refractivity contribution in [2.75, 3.05) is 11.6 Å². The molecule has 0 amide bonds. The molecule has 0 fully saturated rings. The van der Waals surface area contributed by atoms with Gasteiger partial charge < -0.3 is 10.9 Å². The highest BCUT2D eigenvalue weighted by Gasteiger charge is 2.17. The Kier molecular flexibility index (Phi) is 5.03. The summed E-state index contributed by atoms with van der Waals surface area (Å²) in [5.74, 6) is 7.15. The van der Waals surface area contributed by atoms with Gasteiger partial charge in [-0.1, -0.05) is 35.0 Å². The summed E-state index contributed by atoms with van der Waals surface area (Å²) < 4.78 is 1.38. The number of nitrogen functional groups attached to an aromatic ring is 1. The summed E-state index contributed by atoms with van der Waals surface area (Å²) >= 11 is 13.5. The molecule has 0 bridgehead atoms. The average Bonchev–Trinajstić information content (AvgIpc) is 2.73. The van der Waals surface area contributed by atoms with Crippen molar-refractivity contribution in [2.24, 2.45) is 0 Å². The van der Waals surface area contributed by atoms with E-state index in [-0.39, 0.29) is 0 Å². The normalized spacial score (nSPS) is 11.9. The number of nitrogens with zero attached hydrogens (tertiary/aromatic N) is 3. The third-order valence-corrected chi connectivity index (χ3v) is 4.29. The van der Waals surface area contributed by atoms with E-state index in [2.05, 4.69) is 10.2 Å². The number of halogens is 2. The van der Waals surface area contributed by atoms with Gasteiger partial charge in [-0.3, -0.25) is 0 Å². The van der Waals surface area contributed by atoms with Crippen LogP contribution in [0.4, 0.5) is 0 Å². The van der Waals surface area contributed by atoms with Crippen LogP contribution in [0.1, 0.15) is 20.3 Å². The Labute approximate surface area is 137 Å². The van der Waals surface area contributed by atoms with Crippen LogP contribution in [0.5, 0.6) is 0 Å². The van der Waals surface area contributed by atoms with Crippen LogP contribution in [0.15, 0.2) is 23.4 Å². The predicted molar refractivity (Wildman–Crippen MR) is 87.3 cm³/mol. The van der Waals surface area contributed by atoms with Crippen molar-refractivity contribution in [1.29, 1.82) is 0 Å². The lowest BCUT2D eigenvalue weighted by Gasteiger charge is -2.15. The van der Waals surface area contributed by atoms with Crippen LogP contribution in [0, 0.1) is 0 Å². The number of hydrogen-bond donors (Lipinski definition) is 2. The molecule has 0 saturated carbocycles. The van der Waals surface area contributed by atoms with Crippen LogP contribution < -0.4 is 5.84 Å². The van der Waals surface area contributed by atoms with E-state index in [1.807, 2.05) is 0 Å². The lowest BCUT2D eigenvalue weighted by atomic mass is 10.1. The van der Waals surface area contributed by atoms with E-state index in [4.69, 9.17) is 29.0 Å². The summed E-state index contributed by atoms with van der Waals surface area (Å²) in [6, 6.07) is 5.08. The standard InChI is InChI=1S/C13H16Cl2N4OS/c1-13(2,20)5-6-21-12-18-17-11(19(12)16)9-7-8(14)3-4-10(9)15/h3-4,7,20H,5-6,16H2,1-2H3. The van der Waals surface area contributed by atoms with Crippen molar-refractivity contribution >= 4 is 35.0 Å². The van der Waals surface area contributed by atoms with Gasteiger partial charge in [-0.05, 0) is 38.5 Å². The molecular formula is C13H16Cl2N4OS. The zero-order chi connectivity index (χ0) is 15.6. The summed E-state index contributed by atoms with van der Waals surface area (Å²) in [7, 11) is 0. The van der Waals surface area contributed by atoms with E-state index >= 15 is 0 Å². The first-order valence-corrected chi connectivity index (χ1v) is 8.03. The van der Waals surface area contributed by atoms with Gasteiger partial charge in [0.2, 0.25) is 5.16 Å². The van der Waals surface area contributed by atoms with Crippen molar-refractivity contribution in [2.45, 2.75) is 31.0 Å². The van der Waals surface area contributed by atoms with E-state index in [1.165, 1.54) is 16.4 Å². The van der Waals surface area contributed by atoms with E-state index < -0.39 is 5.60 Å². The van der Waals surface area contributed by atoms with Gasteiger partial charge in [0.05, 0.1) is 10.6 Å². The molecule has 0 unspecified atom stereocenters. The van der Waals surface area contributed by atoms with Crippen LogP contribution in [-0.2, 0) is 0 Å². The van der Waals surface area contributed by atoms with Gasteiger partial charge in [0.1, 0.15) is 0 Å². The molecule has 0 atom stereocenters. The van der Waals surface area contributed by atoms with Crippen LogP contribution in [0.25, 0.3) is 11.4 Å². The smallest absolute Gasteiger partial charge is 0.210 e. The summed E-state index contributed by atoms with van der Waals surface area (Å²) in [4.78, 5) is 0. The molecule has 0 saturated heterocycles. The first-order chi connectivity index (χ1) is 9.78. The third kappa shape index (κ3) is 4.26. The summed E-state index contributed by atoms with van der Waals surface area (Å²) in [5, 5.41) is 19.4. The van der Waals surface area contributed by atoms with Crippen molar-refractivity contribution in [3.05, 3.63) is 28.2 Å². The Balaban J connectivity index is 2.19. The molecule has 0 aliphatic rings. The molecule has 21 heavy (non-hydrogen) atoms. The fourth-order valence-electron chi connectivity index (χ4n) is 1.62. The minimum Gasteiger partial charge on any atom is -0.390 e. The molecular weight excluding hydrogens is 331 g/mol. The van der Waals surface area contributed by atoms with Crippen molar-refractivity contribution < 1.29 is 5.11 Å². The number of benzene rings is 1. The Bertz CT molecular complexity index is 640. The van der Waals surface area contributed by atoms with Crippen LogP contribution in [0.2, 0.25) is 10.0 Å². The molecule has 0 spiro atoms. The highest BCUT2D eigenvalue weighted by molar-refractivity contribution is 7.99. The van der Waals surface area contributed by atoms with E-state index in [1.54, 1.807) is 32.0 Å².